The molecule has 0 rings (SSSR count). The molecule has 5 heteroatoms. The Bertz CT molecular complexity index is 202. The van der Waals surface area contributed by atoms with Crippen molar-refractivity contribution in [1.29, 1.82) is 0 Å². The molecule has 0 aromatic rings. The largest absolute Gasteiger partial charge is 0.390 e. The van der Waals surface area contributed by atoms with E-state index in [9.17, 15) is 5.11 Å². The number of aliphatic hydroxyl groups is 1. The van der Waals surface area contributed by atoms with Gasteiger partial charge in [0.05, 0.1) is 12.6 Å². The average molecular weight is 199 g/mol. The van der Waals surface area contributed by atoms with Crippen molar-refractivity contribution in [3.63, 3.8) is 0 Å². The van der Waals surface area contributed by atoms with E-state index in [1.165, 1.54) is 6.08 Å². The SMILES string of the molecule is C=C[C@H](OCCCC)[C@H](O)CN=[N+]=[N-]. The van der Waals surface area contributed by atoms with E-state index < -0.39 is 12.2 Å². The van der Waals surface area contributed by atoms with Crippen LogP contribution in [0.1, 0.15) is 19.8 Å². The lowest BCUT2D eigenvalue weighted by Gasteiger charge is -2.18. The summed E-state index contributed by atoms with van der Waals surface area (Å²) in [6, 6.07) is 0. The van der Waals surface area contributed by atoms with Gasteiger partial charge in [-0.3, -0.25) is 0 Å². The second-order valence-corrected chi connectivity index (χ2v) is 2.91. The Hall–Kier alpha value is -1.03. The first kappa shape index (κ1) is 13.0. The van der Waals surface area contributed by atoms with Crippen LogP contribution in [0.5, 0.6) is 0 Å². The summed E-state index contributed by atoms with van der Waals surface area (Å²) in [4.78, 5) is 2.56. The van der Waals surface area contributed by atoms with E-state index in [-0.39, 0.29) is 6.54 Å². The van der Waals surface area contributed by atoms with Crippen molar-refractivity contribution in [1.82, 2.24) is 0 Å². The van der Waals surface area contributed by atoms with Crippen LogP contribution in [0, 0.1) is 0 Å². The zero-order chi connectivity index (χ0) is 10.8. The molecule has 0 aliphatic rings. The third-order valence-electron chi connectivity index (χ3n) is 1.75. The van der Waals surface area contributed by atoms with Crippen LogP contribution in [0.3, 0.4) is 0 Å². The van der Waals surface area contributed by atoms with Gasteiger partial charge in [0.25, 0.3) is 0 Å². The van der Waals surface area contributed by atoms with Crippen LogP contribution in [0.4, 0.5) is 0 Å². The van der Waals surface area contributed by atoms with E-state index in [1.807, 2.05) is 0 Å². The van der Waals surface area contributed by atoms with Gasteiger partial charge in [0.15, 0.2) is 0 Å². The van der Waals surface area contributed by atoms with Gasteiger partial charge in [0.2, 0.25) is 0 Å². The second kappa shape index (κ2) is 8.56. The van der Waals surface area contributed by atoms with E-state index in [1.54, 1.807) is 0 Å². The van der Waals surface area contributed by atoms with E-state index in [0.717, 1.165) is 12.8 Å². The highest BCUT2D eigenvalue weighted by molar-refractivity contribution is 4.87. The highest BCUT2D eigenvalue weighted by Crippen LogP contribution is 2.03. The summed E-state index contributed by atoms with van der Waals surface area (Å²) < 4.78 is 5.34. The van der Waals surface area contributed by atoms with E-state index in [4.69, 9.17) is 10.3 Å². The Kier molecular flexibility index (Phi) is 7.93. The van der Waals surface area contributed by atoms with Gasteiger partial charge in [-0.15, -0.1) is 6.58 Å². The molecule has 0 bridgehead atoms. The summed E-state index contributed by atoms with van der Waals surface area (Å²) in [6.07, 6.45) is 2.24. The minimum Gasteiger partial charge on any atom is -0.390 e. The van der Waals surface area contributed by atoms with E-state index in [2.05, 4.69) is 23.5 Å². The molecular weight excluding hydrogens is 182 g/mol. The topological polar surface area (TPSA) is 78.2 Å². The van der Waals surface area contributed by atoms with Crippen molar-refractivity contribution in [2.24, 2.45) is 5.11 Å². The highest BCUT2D eigenvalue weighted by Gasteiger charge is 2.14. The molecular formula is C9H17N3O2. The standard InChI is InChI=1S/C9H17N3O2/c1-3-5-6-14-9(4-2)8(13)7-11-12-10/h4,8-9,13H,2-3,5-7H2,1H3/t8-,9+/m1/s1. The molecule has 14 heavy (non-hydrogen) atoms. The maximum atomic E-state index is 9.48. The monoisotopic (exact) mass is 199 g/mol. The average Bonchev–Trinajstić information content (AvgIpc) is 2.21. The van der Waals surface area contributed by atoms with Crippen molar-refractivity contribution in [2.45, 2.75) is 32.0 Å². The predicted octanol–water partition coefficient (Wildman–Crippen LogP) is 2.03. The minimum absolute atomic E-state index is 0.0132. The normalized spacial score (nSPS) is 14.1. The third kappa shape index (κ3) is 5.59. The van der Waals surface area contributed by atoms with Crippen molar-refractivity contribution in [2.75, 3.05) is 13.2 Å². The molecule has 0 radical (unpaired) electrons. The summed E-state index contributed by atoms with van der Waals surface area (Å²) in [5, 5.41) is 12.7. The smallest absolute Gasteiger partial charge is 0.101 e. The minimum atomic E-state index is -0.805. The molecule has 0 saturated carbocycles. The quantitative estimate of drug-likeness (QED) is 0.213. The van der Waals surface area contributed by atoms with Crippen molar-refractivity contribution < 1.29 is 9.84 Å². The first-order chi connectivity index (χ1) is 6.76. The number of hydrogen-bond acceptors (Lipinski definition) is 3. The molecule has 0 amide bonds. The van der Waals surface area contributed by atoms with Crippen molar-refractivity contribution >= 4 is 0 Å². The number of unbranched alkanes of at least 4 members (excludes halogenated alkanes) is 1. The Morgan fingerprint density at radius 1 is 1.71 bits per heavy atom. The zero-order valence-corrected chi connectivity index (χ0v) is 8.46. The molecule has 0 fully saturated rings. The molecule has 0 saturated heterocycles. The molecule has 80 valence electrons. The van der Waals surface area contributed by atoms with Crippen LogP contribution in [0.2, 0.25) is 0 Å². The number of nitrogens with zero attached hydrogens (tertiary/aromatic N) is 3. The molecule has 0 heterocycles. The fourth-order valence-corrected chi connectivity index (χ4v) is 0.924. The number of azide groups is 1. The van der Waals surface area contributed by atoms with Gasteiger partial charge >= 0.3 is 0 Å². The number of hydrogen-bond donors (Lipinski definition) is 1. The van der Waals surface area contributed by atoms with Crippen LogP contribution >= 0.6 is 0 Å². The second-order valence-electron chi connectivity index (χ2n) is 2.91. The van der Waals surface area contributed by atoms with Gasteiger partial charge in [0.1, 0.15) is 6.10 Å². The summed E-state index contributed by atoms with van der Waals surface area (Å²) in [7, 11) is 0. The summed E-state index contributed by atoms with van der Waals surface area (Å²) in [6.45, 7) is 6.20. The van der Waals surface area contributed by atoms with Crippen molar-refractivity contribution in [3.8, 4) is 0 Å². The van der Waals surface area contributed by atoms with Gasteiger partial charge < -0.3 is 9.84 Å². The van der Waals surface area contributed by atoms with Gasteiger partial charge in [-0.25, -0.2) is 0 Å². The summed E-state index contributed by atoms with van der Waals surface area (Å²) >= 11 is 0. The summed E-state index contributed by atoms with van der Waals surface area (Å²) in [5.41, 5.74) is 8.06. The summed E-state index contributed by atoms with van der Waals surface area (Å²) in [5.74, 6) is 0. The molecule has 0 aliphatic carbocycles. The van der Waals surface area contributed by atoms with Crippen LogP contribution in [0.15, 0.2) is 17.8 Å². The van der Waals surface area contributed by atoms with Crippen LogP contribution in [0.25, 0.3) is 10.4 Å². The molecule has 0 unspecified atom stereocenters. The molecule has 0 spiro atoms. The Labute approximate surface area is 84.0 Å². The Balaban J connectivity index is 3.85. The third-order valence-corrected chi connectivity index (χ3v) is 1.75. The number of aliphatic hydroxyl groups excluding tert-OH is 1. The molecule has 1 N–H and O–H groups in total. The van der Waals surface area contributed by atoms with Gasteiger partial charge in [-0.1, -0.05) is 24.5 Å². The lowest BCUT2D eigenvalue weighted by atomic mass is 10.2. The fourth-order valence-electron chi connectivity index (χ4n) is 0.924. The maximum absolute atomic E-state index is 9.48. The van der Waals surface area contributed by atoms with Crippen molar-refractivity contribution in [3.05, 3.63) is 23.1 Å². The fraction of sp³-hybridized carbons (Fsp3) is 0.778. The van der Waals surface area contributed by atoms with Gasteiger partial charge in [0, 0.05) is 11.5 Å². The zero-order valence-electron chi connectivity index (χ0n) is 8.46. The Morgan fingerprint density at radius 2 is 2.43 bits per heavy atom. The van der Waals surface area contributed by atoms with E-state index in [0.29, 0.717) is 6.61 Å². The lowest BCUT2D eigenvalue weighted by Crippen LogP contribution is -2.29. The molecule has 5 nitrogen and oxygen atoms in total. The van der Waals surface area contributed by atoms with E-state index >= 15 is 0 Å². The molecule has 0 aromatic heterocycles. The lowest BCUT2D eigenvalue weighted by molar-refractivity contribution is -0.00618. The number of rotatable bonds is 8. The van der Waals surface area contributed by atoms with Crippen LogP contribution in [-0.2, 0) is 4.74 Å². The first-order valence-electron chi connectivity index (χ1n) is 4.69. The predicted molar refractivity (Wildman–Crippen MR) is 54.9 cm³/mol. The number of ether oxygens (including phenoxy) is 1. The van der Waals surface area contributed by atoms with Gasteiger partial charge in [-0.2, -0.15) is 0 Å². The van der Waals surface area contributed by atoms with Gasteiger partial charge in [-0.05, 0) is 12.0 Å². The maximum Gasteiger partial charge on any atom is 0.101 e. The first-order valence-corrected chi connectivity index (χ1v) is 4.69. The molecule has 0 aliphatic heterocycles. The Morgan fingerprint density at radius 3 is 2.93 bits per heavy atom. The molecule has 2 atom stereocenters. The van der Waals surface area contributed by atoms with Crippen LogP contribution in [-0.4, -0.2) is 30.5 Å². The van der Waals surface area contributed by atoms with Crippen LogP contribution < -0.4 is 0 Å². The highest BCUT2D eigenvalue weighted by atomic mass is 16.5. The molecule has 0 aromatic carbocycles.